The van der Waals surface area contributed by atoms with Crippen molar-refractivity contribution in [1.29, 1.82) is 0 Å². The fraction of sp³-hybridized carbons (Fsp3) is 0.579. The van der Waals surface area contributed by atoms with Crippen molar-refractivity contribution in [3.63, 3.8) is 0 Å². The van der Waals surface area contributed by atoms with Crippen molar-refractivity contribution >= 4 is 50.4 Å². The number of amides is 4. The Bertz CT molecular complexity index is 1940. The molecule has 5 atom stereocenters. The number of likely N-dealkylation sites (tertiary alicyclic amines) is 1. The lowest BCUT2D eigenvalue weighted by Crippen LogP contribution is -2.58. The number of hydrogen-bond acceptors (Lipinski definition) is 11. The lowest BCUT2D eigenvalue weighted by Gasteiger charge is -2.30. The smallest absolute Gasteiger partial charge is 0.408 e. The van der Waals surface area contributed by atoms with Crippen molar-refractivity contribution in [1.82, 2.24) is 25.2 Å². The number of carbonyl (C=O) groups excluding carboxylic acids is 5. The van der Waals surface area contributed by atoms with Crippen molar-refractivity contribution < 1.29 is 46.6 Å². The predicted octanol–water partition coefficient (Wildman–Crippen LogP) is 3.69. The van der Waals surface area contributed by atoms with Crippen molar-refractivity contribution in [3.8, 4) is 11.6 Å². The van der Waals surface area contributed by atoms with Crippen LogP contribution in [0.2, 0.25) is 0 Å². The van der Waals surface area contributed by atoms with Crippen LogP contribution in [0, 0.1) is 5.92 Å². The average molecular weight is 770 g/mol. The van der Waals surface area contributed by atoms with E-state index in [1.807, 2.05) is 13.0 Å². The number of ketones is 1. The normalized spacial score (nSPS) is 22.8. The topological polar surface area (TPSA) is 199 Å². The Labute approximate surface area is 316 Å². The van der Waals surface area contributed by atoms with Gasteiger partial charge in [-0.25, -0.2) is 18.2 Å². The fourth-order valence-electron chi connectivity index (χ4n) is 6.77. The fourth-order valence-corrected chi connectivity index (χ4v) is 8.13. The highest BCUT2D eigenvalue weighted by Crippen LogP contribution is 2.47. The summed E-state index contributed by atoms with van der Waals surface area (Å²) in [5.74, 6) is -1.83. The monoisotopic (exact) mass is 769 g/mol. The summed E-state index contributed by atoms with van der Waals surface area (Å²) in [6.07, 6.45) is 2.82. The summed E-state index contributed by atoms with van der Waals surface area (Å²) < 4.78 is 44.8. The quantitative estimate of drug-likeness (QED) is 0.223. The van der Waals surface area contributed by atoms with Crippen LogP contribution < -0.4 is 24.8 Å². The second-order valence-electron chi connectivity index (χ2n) is 15.6. The maximum Gasteiger partial charge on any atom is 0.408 e. The third-order valence-corrected chi connectivity index (χ3v) is 11.5. The first-order valence-electron chi connectivity index (χ1n) is 18.3. The zero-order chi connectivity index (χ0) is 39.6. The van der Waals surface area contributed by atoms with Gasteiger partial charge in [0.25, 0.3) is 5.91 Å². The molecule has 0 spiro atoms. The molecular weight excluding hydrogens is 719 g/mol. The predicted molar refractivity (Wildman–Crippen MR) is 199 cm³/mol. The van der Waals surface area contributed by atoms with E-state index in [1.54, 1.807) is 66.1 Å². The van der Waals surface area contributed by atoms with E-state index in [1.165, 1.54) is 11.0 Å². The highest BCUT2D eigenvalue weighted by Gasteiger charge is 2.62. The SMILES string of the molecule is CCC1C[C@]1(NC(=O)[C@@H]1C[C@@H](Oc2nccc3cc(OC)ccc23)CN1C(=O)[C@H](CCC(=O)C=C(C)C)NC(=O)OC(C)(C)C)C(=O)NS(=O)(=O)C1CC1. The van der Waals surface area contributed by atoms with Gasteiger partial charge >= 0.3 is 6.09 Å². The van der Waals surface area contributed by atoms with Crippen LogP contribution in [-0.2, 0) is 33.9 Å². The Morgan fingerprint density at radius 2 is 1.83 bits per heavy atom. The molecule has 0 bridgehead atoms. The third-order valence-electron chi connectivity index (χ3n) is 9.73. The zero-order valence-electron chi connectivity index (χ0n) is 31.9. The zero-order valence-corrected chi connectivity index (χ0v) is 32.7. The maximum absolute atomic E-state index is 14.5. The number of fused-ring (bicyclic) bond motifs is 1. The number of aromatic nitrogens is 1. The molecule has 5 rings (SSSR count). The van der Waals surface area contributed by atoms with Crippen LogP contribution in [0.15, 0.2) is 42.1 Å². The molecule has 1 unspecified atom stereocenters. The number of nitrogens with one attached hydrogen (secondary N) is 3. The van der Waals surface area contributed by atoms with Crippen molar-refractivity contribution in [2.24, 2.45) is 5.92 Å². The second-order valence-corrected chi connectivity index (χ2v) is 17.5. The van der Waals surface area contributed by atoms with Crippen LogP contribution in [0.5, 0.6) is 11.6 Å². The van der Waals surface area contributed by atoms with E-state index in [4.69, 9.17) is 14.2 Å². The van der Waals surface area contributed by atoms with E-state index in [2.05, 4.69) is 20.3 Å². The van der Waals surface area contributed by atoms with E-state index >= 15 is 0 Å². The van der Waals surface area contributed by atoms with Gasteiger partial charge in [-0.15, -0.1) is 0 Å². The Hall–Kier alpha value is -4.73. The van der Waals surface area contributed by atoms with E-state index in [9.17, 15) is 32.4 Å². The molecule has 4 amide bonds. The minimum absolute atomic E-state index is 0.0173. The molecule has 2 saturated carbocycles. The molecular formula is C38H51N5O10S. The number of methoxy groups -OCH3 is 1. The van der Waals surface area contributed by atoms with E-state index in [0.29, 0.717) is 30.4 Å². The van der Waals surface area contributed by atoms with Crippen LogP contribution >= 0.6 is 0 Å². The van der Waals surface area contributed by atoms with Gasteiger partial charge in [-0.1, -0.05) is 18.9 Å². The van der Waals surface area contributed by atoms with Crippen molar-refractivity contribution in [2.75, 3.05) is 13.7 Å². The summed E-state index contributed by atoms with van der Waals surface area (Å²) in [6.45, 7) is 10.3. The molecule has 1 aliphatic heterocycles. The van der Waals surface area contributed by atoms with Crippen LogP contribution in [0.1, 0.15) is 86.5 Å². The van der Waals surface area contributed by atoms with Crippen LogP contribution in [0.3, 0.4) is 0 Å². The maximum atomic E-state index is 14.5. The van der Waals surface area contributed by atoms with Gasteiger partial charge in [0.2, 0.25) is 27.7 Å². The summed E-state index contributed by atoms with van der Waals surface area (Å²) in [6, 6.07) is 4.70. The van der Waals surface area contributed by atoms with Crippen LogP contribution in [0.25, 0.3) is 10.8 Å². The first kappa shape index (κ1) is 40.5. The Balaban J connectivity index is 1.45. The lowest BCUT2D eigenvalue weighted by atomic mass is 10.0. The molecule has 16 heteroatoms. The molecule has 2 aliphatic carbocycles. The molecule has 3 fully saturated rings. The van der Waals surface area contributed by atoms with Gasteiger partial charge in [0.05, 0.1) is 18.9 Å². The number of hydrogen-bond donors (Lipinski definition) is 3. The number of sulfonamides is 1. The number of alkyl carbamates (subject to hydrolysis) is 1. The van der Waals surface area contributed by atoms with E-state index in [0.717, 1.165) is 11.0 Å². The Morgan fingerprint density at radius 3 is 2.44 bits per heavy atom. The lowest BCUT2D eigenvalue weighted by molar-refractivity contribution is -0.141. The molecule has 2 aromatic rings. The standard InChI is InChI=1S/C38H51N5O10S/c1-8-24-20-38(24,35(47)42-54(49,50)28-11-12-28)41-32(45)31-19-27(52-33-29-13-10-26(51-7)18-23(29)15-16-39-33)21-43(31)34(46)30(14-9-25(44)17-22(2)3)40-36(48)53-37(4,5)6/h10,13,15-18,24,27-28,30-31H,8-9,11-12,14,19-21H2,1-7H3,(H,40,48)(H,41,45)(H,42,47)/t24?,27-,30+,31+,38-/m1/s1. The van der Waals surface area contributed by atoms with Crippen molar-refractivity contribution in [3.05, 3.63) is 42.1 Å². The number of rotatable bonds is 15. The number of carbonyl (C=O) groups is 5. The average Bonchev–Trinajstić information content (AvgIpc) is 4.02. The largest absolute Gasteiger partial charge is 0.497 e. The number of ether oxygens (including phenoxy) is 3. The minimum Gasteiger partial charge on any atom is -0.497 e. The van der Waals surface area contributed by atoms with Crippen LogP contribution in [0.4, 0.5) is 4.79 Å². The summed E-state index contributed by atoms with van der Waals surface area (Å²) in [5, 5.41) is 6.23. The van der Waals surface area contributed by atoms with Gasteiger partial charge in [0, 0.05) is 24.4 Å². The molecule has 3 aliphatic rings. The molecule has 2 heterocycles. The summed E-state index contributed by atoms with van der Waals surface area (Å²) in [5.41, 5.74) is -1.60. The van der Waals surface area contributed by atoms with Gasteiger partial charge < -0.3 is 29.7 Å². The summed E-state index contributed by atoms with van der Waals surface area (Å²) >= 11 is 0. The van der Waals surface area contributed by atoms with Gasteiger partial charge in [0.15, 0.2) is 5.78 Å². The molecule has 294 valence electrons. The minimum atomic E-state index is -3.90. The third kappa shape index (κ3) is 9.68. The summed E-state index contributed by atoms with van der Waals surface area (Å²) in [4.78, 5) is 73.7. The highest BCUT2D eigenvalue weighted by molar-refractivity contribution is 7.91. The first-order valence-corrected chi connectivity index (χ1v) is 19.9. The highest BCUT2D eigenvalue weighted by atomic mass is 32.2. The van der Waals surface area contributed by atoms with E-state index in [-0.39, 0.29) is 49.8 Å². The molecule has 15 nitrogen and oxygen atoms in total. The Morgan fingerprint density at radius 1 is 1.11 bits per heavy atom. The van der Waals surface area contributed by atoms with Gasteiger partial charge in [-0.2, -0.15) is 0 Å². The van der Waals surface area contributed by atoms with E-state index < -0.39 is 68.4 Å². The first-order chi connectivity index (χ1) is 25.4. The Kier molecular flexibility index (Phi) is 11.9. The molecule has 54 heavy (non-hydrogen) atoms. The number of benzene rings is 1. The molecule has 1 aromatic carbocycles. The number of pyridine rings is 1. The van der Waals surface area contributed by atoms with Gasteiger partial charge in [0.1, 0.15) is 35.1 Å². The molecule has 3 N–H and O–H groups in total. The van der Waals surface area contributed by atoms with Gasteiger partial charge in [-0.3, -0.25) is 23.9 Å². The number of nitrogens with zero attached hydrogens (tertiary/aromatic N) is 2. The van der Waals surface area contributed by atoms with Gasteiger partial charge in [-0.05, 0) is 102 Å². The molecule has 1 saturated heterocycles. The molecule has 1 aromatic heterocycles. The number of allylic oxidation sites excluding steroid dienone is 2. The van der Waals surface area contributed by atoms with Crippen molar-refractivity contribution in [2.45, 2.75) is 121 Å². The second kappa shape index (κ2) is 15.9. The molecule has 0 radical (unpaired) electrons. The van der Waals surface area contributed by atoms with Crippen LogP contribution in [-0.4, -0.2) is 96.1 Å². The summed E-state index contributed by atoms with van der Waals surface area (Å²) in [7, 11) is -2.34.